The van der Waals surface area contributed by atoms with Crippen LogP contribution in [0.4, 0.5) is 18.9 Å². The molecular weight excluding hydrogens is 261 g/mol. The van der Waals surface area contributed by atoms with E-state index in [1.54, 1.807) is 0 Å². The molecule has 7 heteroatoms. The van der Waals surface area contributed by atoms with E-state index in [0.29, 0.717) is 6.42 Å². The SMILES string of the molecule is Nc1ccc(C(F)(F)F)nc1C#CCCCC(=O)O. The summed E-state index contributed by atoms with van der Waals surface area (Å²) in [5.74, 6) is 4.03. The molecule has 0 saturated carbocycles. The van der Waals surface area contributed by atoms with Crippen LogP contribution in [0.1, 0.15) is 30.7 Å². The third kappa shape index (κ3) is 4.87. The molecule has 0 aromatic carbocycles. The molecule has 1 aromatic rings. The van der Waals surface area contributed by atoms with Gasteiger partial charge in [-0.05, 0) is 24.5 Å². The monoisotopic (exact) mass is 272 g/mol. The predicted molar refractivity (Wildman–Crippen MR) is 62.0 cm³/mol. The summed E-state index contributed by atoms with van der Waals surface area (Å²) in [6.07, 6.45) is -4.02. The van der Waals surface area contributed by atoms with Crippen molar-refractivity contribution in [2.24, 2.45) is 0 Å². The number of nitrogens with two attached hydrogens (primary N) is 1. The summed E-state index contributed by atoms with van der Waals surface area (Å²) in [4.78, 5) is 13.6. The van der Waals surface area contributed by atoms with Crippen molar-refractivity contribution in [3.8, 4) is 11.8 Å². The Hall–Kier alpha value is -2.23. The van der Waals surface area contributed by atoms with Gasteiger partial charge in [0, 0.05) is 12.8 Å². The molecule has 0 spiro atoms. The maximum Gasteiger partial charge on any atom is 0.433 e. The molecule has 0 aliphatic carbocycles. The molecule has 0 amide bonds. The summed E-state index contributed by atoms with van der Waals surface area (Å²) in [6, 6.07) is 1.88. The fraction of sp³-hybridized carbons (Fsp3) is 0.333. The quantitative estimate of drug-likeness (QED) is 0.653. The van der Waals surface area contributed by atoms with Gasteiger partial charge in [-0.3, -0.25) is 4.79 Å². The minimum Gasteiger partial charge on any atom is -0.481 e. The van der Waals surface area contributed by atoms with E-state index in [9.17, 15) is 18.0 Å². The highest BCUT2D eigenvalue weighted by Crippen LogP contribution is 2.28. The number of carbonyl (C=O) groups is 1. The number of halogens is 3. The van der Waals surface area contributed by atoms with Crippen molar-refractivity contribution in [2.45, 2.75) is 25.4 Å². The van der Waals surface area contributed by atoms with Crippen molar-refractivity contribution >= 4 is 11.7 Å². The third-order valence-corrected chi connectivity index (χ3v) is 2.12. The number of carboxylic acids is 1. The van der Waals surface area contributed by atoms with Crippen molar-refractivity contribution in [3.63, 3.8) is 0 Å². The van der Waals surface area contributed by atoms with Crippen LogP contribution in [0.15, 0.2) is 12.1 Å². The molecule has 0 radical (unpaired) electrons. The van der Waals surface area contributed by atoms with Crippen molar-refractivity contribution in [1.82, 2.24) is 4.98 Å². The van der Waals surface area contributed by atoms with Crippen molar-refractivity contribution in [1.29, 1.82) is 0 Å². The Labute approximate surface area is 107 Å². The number of rotatable bonds is 3. The summed E-state index contributed by atoms with van der Waals surface area (Å²) >= 11 is 0. The van der Waals surface area contributed by atoms with E-state index < -0.39 is 17.8 Å². The minimum absolute atomic E-state index is 0.0415. The van der Waals surface area contributed by atoms with Gasteiger partial charge in [0.1, 0.15) is 11.4 Å². The molecule has 0 aliphatic heterocycles. The first-order valence-electron chi connectivity index (χ1n) is 5.35. The van der Waals surface area contributed by atoms with E-state index in [1.165, 1.54) is 0 Å². The third-order valence-electron chi connectivity index (χ3n) is 2.12. The Morgan fingerprint density at radius 2 is 2.11 bits per heavy atom. The first-order valence-corrected chi connectivity index (χ1v) is 5.35. The normalized spacial score (nSPS) is 10.7. The van der Waals surface area contributed by atoms with Crippen LogP contribution in [0.2, 0.25) is 0 Å². The zero-order valence-corrected chi connectivity index (χ0v) is 9.79. The molecule has 1 rings (SSSR count). The second kappa shape index (κ2) is 6.09. The molecule has 0 unspecified atom stereocenters. The number of carboxylic acid groups (broad SMARTS) is 1. The number of nitrogens with zero attached hydrogens (tertiary/aromatic N) is 1. The number of anilines is 1. The molecule has 19 heavy (non-hydrogen) atoms. The standard InChI is InChI=1S/C12H11F3N2O2/c13-12(14,15)10-7-6-8(16)9(17-10)4-2-1-3-5-11(18)19/h6-7H,1,3,5,16H2,(H,18,19). The zero-order valence-electron chi connectivity index (χ0n) is 9.79. The molecule has 102 valence electrons. The molecule has 0 aliphatic rings. The number of aromatic nitrogens is 1. The Kier molecular flexibility index (Phi) is 4.75. The van der Waals surface area contributed by atoms with Crippen molar-refractivity contribution in [3.05, 3.63) is 23.5 Å². The summed E-state index contributed by atoms with van der Waals surface area (Å²) in [5.41, 5.74) is 4.32. The van der Waals surface area contributed by atoms with Gasteiger partial charge < -0.3 is 10.8 Å². The van der Waals surface area contributed by atoms with Gasteiger partial charge in [-0.15, -0.1) is 0 Å². The summed E-state index contributed by atoms with van der Waals surface area (Å²) in [5, 5.41) is 8.39. The van der Waals surface area contributed by atoms with E-state index >= 15 is 0 Å². The van der Waals surface area contributed by atoms with Gasteiger partial charge in [0.05, 0.1) is 5.69 Å². The summed E-state index contributed by atoms with van der Waals surface area (Å²) in [6.45, 7) is 0. The number of hydrogen-bond acceptors (Lipinski definition) is 3. The predicted octanol–water partition coefficient (Wildman–Crippen LogP) is 2.29. The van der Waals surface area contributed by atoms with Crippen LogP contribution in [0.3, 0.4) is 0 Å². The highest BCUT2D eigenvalue weighted by atomic mass is 19.4. The van der Waals surface area contributed by atoms with Crippen LogP contribution in [0.25, 0.3) is 0 Å². The highest BCUT2D eigenvalue weighted by Gasteiger charge is 2.32. The van der Waals surface area contributed by atoms with E-state index in [0.717, 1.165) is 12.1 Å². The van der Waals surface area contributed by atoms with Gasteiger partial charge >= 0.3 is 12.1 Å². The number of pyridine rings is 1. The molecule has 1 heterocycles. The average molecular weight is 272 g/mol. The zero-order chi connectivity index (χ0) is 14.5. The van der Waals surface area contributed by atoms with Gasteiger partial charge in [0.15, 0.2) is 0 Å². The summed E-state index contributed by atoms with van der Waals surface area (Å²) < 4.78 is 37.2. The van der Waals surface area contributed by atoms with E-state index in [-0.39, 0.29) is 24.2 Å². The second-order valence-corrected chi connectivity index (χ2v) is 3.68. The van der Waals surface area contributed by atoms with Crippen LogP contribution < -0.4 is 5.73 Å². The summed E-state index contributed by atoms with van der Waals surface area (Å²) in [7, 11) is 0. The highest BCUT2D eigenvalue weighted by molar-refractivity contribution is 5.66. The maximum absolute atomic E-state index is 12.4. The molecule has 4 nitrogen and oxygen atoms in total. The fourth-order valence-electron chi connectivity index (χ4n) is 1.20. The molecular formula is C12H11F3N2O2. The lowest BCUT2D eigenvalue weighted by atomic mass is 10.2. The fourth-order valence-corrected chi connectivity index (χ4v) is 1.20. The lowest BCUT2D eigenvalue weighted by Crippen LogP contribution is -2.09. The van der Waals surface area contributed by atoms with Crippen LogP contribution in [-0.4, -0.2) is 16.1 Å². The Morgan fingerprint density at radius 3 is 2.68 bits per heavy atom. The molecule has 0 saturated heterocycles. The van der Waals surface area contributed by atoms with E-state index in [2.05, 4.69) is 16.8 Å². The number of alkyl halides is 3. The van der Waals surface area contributed by atoms with Crippen molar-refractivity contribution < 1.29 is 23.1 Å². The molecule has 0 atom stereocenters. The van der Waals surface area contributed by atoms with Crippen LogP contribution in [0.5, 0.6) is 0 Å². The molecule has 0 bridgehead atoms. The first kappa shape index (κ1) is 14.8. The number of nitrogen functional groups attached to an aromatic ring is 1. The molecule has 0 fully saturated rings. The minimum atomic E-state index is -4.55. The lowest BCUT2D eigenvalue weighted by Gasteiger charge is -2.06. The van der Waals surface area contributed by atoms with E-state index in [4.69, 9.17) is 10.8 Å². The molecule has 1 aromatic heterocycles. The smallest absolute Gasteiger partial charge is 0.433 e. The van der Waals surface area contributed by atoms with Crippen molar-refractivity contribution in [2.75, 3.05) is 5.73 Å². The maximum atomic E-state index is 12.4. The topological polar surface area (TPSA) is 76.2 Å². The van der Waals surface area contributed by atoms with Gasteiger partial charge in [0.25, 0.3) is 0 Å². The first-order chi connectivity index (χ1) is 8.80. The number of unbranched alkanes of at least 4 members (excludes halogenated alkanes) is 1. The van der Waals surface area contributed by atoms with Crippen LogP contribution in [-0.2, 0) is 11.0 Å². The van der Waals surface area contributed by atoms with Gasteiger partial charge in [-0.25, -0.2) is 4.98 Å². The average Bonchev–Trinajstić information content (AvgIpc) is 2.29. The number of hydrogen-bond donors (Lipinski definition) is 2. The van der Waals surface area contributed by atoms with Crippen LogP contribution >= 0.6 is 0 Å². The Bertz CT molecular complexity index is 530. The van der Waals surface area contributed by atoms with Gasteiger partial charge in [0.2, 0.25) is 0 Å². The number of aliphatic carboxylic acids is 1. The lowest BCUT2D eigenvalue weighted by molar-refractivity contribution is -0.141. The van der Waals surface area contributed by atoms with E-state index in [1.807, 2.05) is 0 Å². The van der Waals surface area contributed by atoms with Crippen LogP contribution in [0, 0.1) is 11.8 Å². The second-order valence-electron chi connectivity index (χ2n) is 3.68. The van der Waals surface area contributed by atoms with Gasteiger partial charge in [-0.1, -0.05) is 5.92 Å². The Morgan fingerprint density at radius 1 is 1.42 bits per heavy atom. The Balaban J connectivity index is 2.78. The molecule has 3 N–H and O–H groups in total. The largest absolute Gasteiger partial charge is 0.481 e. The van der Waals surface area contributed by atoms with Gasteiger partial charge in [-0.2, -0.15) is 13.2 Å².